The van der Waals surface area contributed by atoms with Gasteiger partial charge in [0, 0.05) is 26.2 Å². The van der Waals surface area contributed by atoms with Gasteiger partial charge in [-0.3, -0.25) is 9.79 Å². The fraction of sp³-hybridized carbons (Fsp3) is 0.385. The smallest absolute Gasteiger partial charge is 0.307 e. The van der Waals surface area contributed by atoms with Gasteiger partial charge >= 0.3 is 5.97 Å². The fourth-order valence-electron chi connectivity index (χ4n) is 1.59. The van der Waals surface area contributed by atoms with Gasteiger partial charge in [0.15, 0.2) is 0 Å². The van der Waals surface area contributed by atoms with E-state index >= 15 is 0 Å². The molecule has 0 heterocycles. The van der Waals surface area contributed by atoms with Crippen LogP contribution in [0.1, 0.15) is 18.1 Å². The lowest BCUT2D eigenvalue weighted by atomic mass is 10.1. The largest absolute Gasteiger partial charge is 0.481 e. The van der Waals surface area contributed by atoms with Crippen molar-refractivity contribution in [3.8, 4) is 0 Å². The molecule has 0 amide bonds. The van der Waals surface area contributed by atoms with E-state index in [9.17, 15) is 4.79 Å². The van der Waals surface area contributed by atoms with Crippen molar-refractivity contribution in [2.75, 3.05) is 20.6 Å². The Balaban J connectivity index is 2.92. The molecule has 1 rings (SSSR count). The second-order valence-electron chi connectivity index (χ2n) is 3.96. The van der Waals surface area contributed by atoms with Gasteiger partial charge in [-0.1, -0.05) is 24.3 Å². The zero-order valence-electron chi connectivity index (χ0n) is 10.5. The minimum atomic E-state index is -0.812. The van der Waals surface area contributed by atoms with E-state index in [0.717, 1.165) is 23.5 Å². The number of benzene rings is 1. The summed E-state index contributed by atoms with van der Waals surface area (Å²) in [5, 5.41) is 8.69. The van der Waals surface area contributed by atoms with Crippen LogP contribution in [-0.2, 0) is 11.2 Å². The summed E-state index contributed by atoms with van der Waals surface area (Å²) < 4.78 is 0. The Labute approximate surface area is 102 Å². The van der Waals surface area contributed by atoms with Gasteiger partial charge < -0.3 is 10.0 Å². The number of amidine groups is 1. The highest BCUT2D eigenvalue weighted by atomic mass is 16.4. The van der Waals surface area contributed by atoms with E-state index in [0.29, 0.717) is 0 Å². The average molecular weight is 234 g/mol. The van der Waals surface area contributed by atoms with Crippen molar-refractivity contribution in [1.82, 2.24) is 4.90 Å². The monoisotopic (exact) mass is 234 g/mol. The van der Waals surface area contributed by atoms with Gasteiger partial charge in [-0.05, 0) is 12.5 Å². The molecule has 0 radical (unpaired) electrons. The second kappa shape index (κ2) is 6.03. The topological polar surface area (TPSA) is 52.9 Å². The number of carbonyl (C=O) groups is 1. The zero-order chi connectivity index (χ0) is 12.8. The van der Waals surface area contributed by atoms with Crippen molar-refractivity contribution in [3.05, 3.63) is 35.4 Å². The average Bonchev–Trinajstić information content (AvgIpc) is 2.26. The lowest BCUT2D eigenvalue weighted by Gasteiger charge is -2.16. The highest BCUT2D eigenvalue weighted by Gasteiger charge is 2.06. The number of aliphatic imine (C=N–C) groups is 1. The highest BCUT2D eigenvalue weighted by molar-refractivity contribution is 5.98. The Morgan fingerprint density at radius 3 is 2.29 bits per heavy atom. The molecule has 0 aliphatic carbocycles. The first-order chi connectivity index (χ1) is 8.04. The highest BCUT2D eigenvalue weighted by Crippen LogP contribution is 2.08. The van der Waals surface area contributed by atoms with Gasteiger partial charge in [0.05, 0.1) is 6.42 Å². The van der Waals surface area contributed by atoms with E-state index in [1.54, 1.807) is 0 Å². The van der Waals surface area contributed by atoms with Crippen molar-refractivity contribution in [2.24, 2.45) is 4.99 Å². The molecule has 92 valence electrons. The molecule has 1 N–H and O–H groups in total. The van der Waals surface area contributed by atoms with Crippen LogP contribution in [0.5, 0.6) is 0 Å². The summed E-state index contributed by atoms with van der Waals surface area (Å²) in [6.07, 6.45) is 0.0580. The van der Waals surface area contributed by atoms with Crippen LogP contribution in [0, 0.1) is 0 Å². The molecular weight excluding hydrogens is 216 g/mol. The molecule has 4 nitrogen and oxygen atoms in total. The molecule has 0 saturated carbocycles. The van der Waals surface area contributed by atoms with Crippen LogP contribution in [0.15, 0.2) is 29.3 Å². The standard InChI is InChI=1S/C13H18N2O2/c1-4-14-13(15(2)3)11-7-5-10(6-8-11)9-12(16)17/h5-8H,4,9H2,1-3H3,(H,16,17). The Bertz CT molecular complexity index is 408. The predicted octanol–water partition coefficient (Wildman–Crippen LogP) is 1.64. The van der Waals surface area contributed by atoms with Crippen molar-refractivity contribution >= 4 is 11.8 Å². The third kappa shape index (κ3) is 3.90. The van der Waals surface area contributed by atoms with Gasteiger partial charge in [-0.25, -0.2) is 0 Å². The van der Waals surface area contributed by atoms with E-state index in [1.165, 1.54) is 0 Å². The summed E-state index contributed by atoms with van der Waals surface area (Å²) >= 11 is 0. The van der Waals surface area contributed by atoms with Gasteiger partial charge in [-0.15, -0.1) is 0 Å². The molecule has 0 saturated heterocycles. The summed E-state index contributed by atoms with van der Waals surface area (Å²) in [6.45, 7) is 2.71. The molecule has 0 aliphatic heterocycles. The summed E-state index contributed by atoms with van der Waals surface area (Å²) in [4.78, 5) is 16.9. The van der Waals surface area contributed by atoms with Crippen molar-refractivity contribution in [3.63, 3.8) is 0 Å². The summed E-state index contributed by atoms with van der Waals surface area (Å²) in [5.41, 5.74) is 1.81. The van der Waals surface area contributed by atoms with Crippen LogP contribution in [0.4, 0.5) is 0 Å². The predicted molar refractivity (Wildman–Crippen MR) is 68.5 cm³/mol. The molecule has 17 heavy (non-hydrogen) atoms. The van der Waals surface area contributed by atoms with E-state index in [4.69, 9.17) is 5.11 Å². The van der Waals surface area contributed by atoms with E-state index in [-0.39, 0.29) is 6.42 Å². The first-order valence-corrected chi connectivity index (χ1v) is 5.57. The first kappa shape index (κ1) is 13.2. The molecule has 0 unspecified atom stereocenters. The van der Waals surface area contributed by atoms with Crippen LogP contribution >= 0.6 is 0 Å². The minimum absolute atomic E-state index is 0.0580. The fourth-order valence-corrected chi connectivity index (χ4v) is 1.59. The van der Waals surface area contributed by atoms with Crippen molar-refractivity contribution in [1.29, 1.82) is 0 Å². The lowest BCUT2D eigenvalue weighted by Crippen LogP contribution is -2.23. The molecule has 0 aromatic heterocycles. The number of hydrogen-bond donors (Lipinski definition) is 1. The summed E-state index contributed by atoms with van der Waals surface area (Å²) in [6, 6.07) is 7.48. The number of carboxylic acid groups (broad SMARTS) is 1. The van der Waals surface area contributed by atoms with Crippen LogP contribution in [0.2, 0.25) is 0 Å². The van der Waals surface area contributed by atoms with Crippen molar-refractivity contribution < 1.29 is 9.90 Å². The molecule has 0 spiro atoms. The number of aliphatic carboxylic acids is 1. The quantitative estimate of drug-likeness (QED) is 0.636. The van der Waals surface area contributed by atoms with Crippen LogP contribution in [0.3, 0.4) is 0 Å². The van der Waals surface area contributed by atoms with Crippen LogP contribution < -0.4 is 0 Å². The van der Waals surface area contributed by atoms with E-state index in [2.05, 4.69) is 4.99 Å². The molecule has 0 bridgehead atoms. The molecule has 0 atom stereocenters. The third-order valence-electron chi connectivity index (χ3n) is 2.30. The van der Waals surface area contributed by atoms with Crippen LogP contribution in [0.25, 0.3) is 0 Å². The molecule has 0 aliphatic rings. The Hall–Kier alpha value is -1.84. The minimum Gasteiger partial charge on any atom is -0.481 e. The van der Waals surface area contributed by atoms with Gasteiger partial charge in [-0.2, -0.15) is 0 Å². The van der Waals surface area contributed by atoms with E-state index in [1.807, 2.05) is 50.2 Å². The zero-order valence-corrected chi connectivity index (χ0v) is 10.5. The molecular formula is C13H18N2O2. The number of rotatable bonds is 4. The second-order valence-corrected chi connectivity index (χ2v) is 3.96. The Morgan fingerprint density at radius 1 is 1.29 bits per heavy atom. The number of carboxylic acids is 1. The summed E-state index contributed by atoms with van der Waals surface area (Å²) in [7, 11) is 3.89. The van der Waals surface area contributed by atoms with E-state index < -0.39 is 5.97 Å². The lowest BCUT2D eigenvalue weighted by molar-refractivity contribution is -0.136. The van der Waals surface area contributed by atoms with Gasteiger partial charge in [0.25, 0.3) is 0 Å². The SMILES string of the molecule is CCN=C(c1ccc(CC(=O)O)cc1)N(C)C. The molecule has 0 fully saturated rings. The maximum atomic E-state index is 10.6. The molecule has 1 aromatic rings. The van der Waals surface area contributed by atoms with Gasteiger partial charge in [0.2, 0.25) is 0 Å². The maximum absolute atomic E-state index is 10.6. The molecule has 4 heteroatoms. The first-order valence-electron chi connectivity index (χ1n) is 5.57. The Morgan fingerprint density at radius 2 is 1.88 bits per heavy atom. The van der Waals surface area contributed by atoms with Crippen LogP contribution in [-0.4, -0.2) is 42.5 Å². The number of nitrogens with zero attached hydrogens (tertiary/aromatic N) is 2. The van der Waals surface area contributed by atoms with Crippen molar-refractivity contribution in [2.45, 2.75) is 13.3 Å². The maximum Gasteiger partial charge on any atom is 0.307 e. The normalized spacial score (nSPS) is 11.4. The van der Waals surface area contributed by atoms with Gasteiger partial charge in [0.1, 0.15) is 5.84 Å². The molecule has 1 aromatic carbocycles. The Kier molecular flexibility index (Phi) is 4.69. The third-order valence-corrected chi connectivity index (χ3v) is 2.30. The summed E-state index contributed by atoms with van der Waals surface area (Å²) in [5.74, 6) is 0.0992. The number of hydrogen-bond acceptors (Lipinski definition) is 2.